The SMILES string of the molecule is CCCN(C(=O)NCc1ccccc1OC)[C@H](C)c1ccccc1Br. The van der Waals surface area contributed by atoms with E-state index < -0.39 is 0 Å². The number of hydrogen-bond donors (Lipinski definition) is 1. The fourth-order valence-electron chi connectivity index (χ4n) is 2.82. The Balaban J connectivity index is 2.11. The van der Waals surface area contributed by atoms with Crippen LogP contribution in [0.1, 0.15) is 37.4 Å². The monoisotopic (exact) mass is 404 g/mol. The average Bonchev–Trinajstić information content (AvgIpc) is 2.64. The average molecular weight is 405 g/mol. The maximum Gasteiger partial charge on any atom is 0.318 e. The van der Waals surface area contributed by atoms with E-state index in [-0.39, 0.29) is 12.1 Å². The molecule has 4 nitrogen and oxygen atoms in total. The van der Waals surface area contributed by atoms with Crippen LogP contribution in [0, 0.1) is 0 Å². The molecule has 134 valence electrons. The Morgan fingerprint density at radius 3 is 2.56 bits per heavy atom. The molecule has 0 bridgehead atoms. The summed E-state index contributed by atoms with van der Waals surface area (Å²) in [5.41, 5.74) is 2.06. The first kappa shape index (κ1) is 19.3. The summed E-state index contributed by atoms with van der Waals surface area (Å²) >= 11 is 3.59. The third-order valence-electron chi connectivity index (χ3n) is 4.17. The number of urea groups is 1. The lowest BCUT2D eigenvalue weighted by atomic mass is 10.1. The van der Waals surface area contributed by atoms with Crippen molar-refractivity contribution in [3.8, 4) is 5.75 Å². The molecule has 2 aromatic carbocycles. The summed E-state index contributed by atoms with van der Waals surface area (Å²) in [4.78, 5) is 14.7. The second-order valence-corrected chi connectivity index (χ2v) is 6.72. The third kappa shape index (κ3) is 4.98. The van der Waals surface area contributed by atoms with Gasteiger partial charge in [0.1, 0.15) is 5.75 Å². The minimum Gasteiger partial charge on any atom is -0.496 e. The van der Waals surface area contributed by atoms with E-state index in [0.29, 0.717) is 13.1 Å². The minimum absolute atomic E-state index is 0.0202. The zero-order chi connectivity index (χ0) is 18.2. The van der Waals surface area contributed by atoms with Gasteiger partial charge in [-0.05, 0) is 31.0 Å². The quantitative estimate of drug-likeness (QED) is 0.693. The zero-order valence-electron chi connectivity index (χ0n) is 15.0. The van der Waals surface area contributed by atoms with Gasteiger partial charge in [0.05, 0.1) is 13.2 Å². The van der Waals surface area contributed by atoms with Crippen LogP contribution in [0.5, 0.6) is 5.75 Å². The van der Waals surface area contributed by atoms with E-state index >= 15 is 0 Å². The van der Waals surface area contributed by atoms with Gasteiger partial charge in [0.2, 0.25) is 0 Å². The Morgan fingerprint density at radius 1 is 1.20 bits per heavy atom. The lowest BCUT2D eigenvalue weighted by Gasteiger charge is -2.30. The molecule has 25 heavy (non-hydrogen) atoms. The summed E-state index contributed by atoms with van der Waals surface area (Å²) in [6, 6.07) is 15.6. The highest BCUT2D eigenvalue weighted by atomic mass is 79.9. The summed E-state index contributed by atoms with van der Waals surface area (Å²) in [6.45, 7) is 5.26. The van der Waals surface area contributed by atoms with Gasteiger partial charge in [0, 0.05) is 23.1 Å². The van der Waals surface area contributed by atoms with Crippen LogP contribution in [-0.4, -0.2) is 24.6 Å². The summed E-state index contributed by atoms with van der Waals surface area (Å²) in [5.74, 6) is 0.781. The van der Waals surface area contributed by atoms with E-state index in [9.17, 15) is 4.79 Å². The predicted octanol–water partition coefficient (Wildman–Crippen LogP) is 5.14. The van der Waals surface area contributed by atoms with Crippen molar-refractivity contribution in [1.82, 2.24) is 10.2 Å². The van der Waals surface area contributed by atoms with Crippen LogP contribution in [0.15, 0.2) is 53.0 Å². The minimum atomic E-state index is -0.0731. The number of carbonyl (C=O) groups is 1. The Labute approximate surface area is 158 Å². The van der Waals surface area contributed by atoms with Crippen LogP contribution in [0.3, 0.4) is 0 Å². The number of benzene rings is 2. The van der Waals surface area contributed by atoms with Crippen molar-refractivity contribution in [2.24, 2.45) is 0 Å². The van der Waals surface area contributed by atoms with Gasteiger partial charge in [0.25, 0.3) is 0 Å². The summed E-state index contributed by atoms with van der Waals surface area (Å²) in [5, 5.41) is 3.02. The molecule has 1 atom stereocenters. The van der Waals surface area contributed by atoms with Gasteiger partial charge in [0.15, 0.2) is 0 Å². The van der Waals surface area contributed by atoms with Gasteiger partial charge in [-0.25, -0.2) is 4.79 Å². The van der Waals surface area contributed by atoms with E-state index in [4.69, 9.17) is 4.74 Å². The second kappa shape index (κ2) is 9.47. The fourth-order valence-corrected chi connectivity index (χ4v) is 3.43. The topological polar surface area (TPSA) is 41.6 Å². The molecular formula is C20H25BrN2O2. The van der Waals surface area contributed by atoms with Crippen LogP contribution in [0.25, 0.3) is 0 Å². The molecular weight excluding hydrogens is 380 g/mol. The number of halogens is 1. The molecule has 0 unspecified atom stereocenters. The molecule has 0 aromatic heterocycles. The molecule has 2 amide bonds. The van der Waals surface area contributed by atoms with Crippen molar-refractivity contribution in [2.75, 3.05) is 13.7 Å². The first-order chi connectivity index (χ1) is 12.1. The van der Waals surface area contributed by atoms with Crippen molar-refractivity contribution in [3.63, 3.8) is 0 Å². The van der Waals surface area contributed by atoms with Crippen LogP contribution in [-0.2, 0) is 6.54 Å². The maximum absolute atomic E-state index is 12.8. The van der Waals surface area contributed by atoms with Gasteiger partial charge in [-0.3, -0.25) is 0 Å². The molecule has 0 aliphatic heterocycles. The normalized spacial score (nSPS) is 11.7. The second-order valence-electron chi connectivity index (χ2n) is 5.86. The Kier molecular flexibility index (Phi) is 7.31. The molecule has 5 heteroatoms. The number of amides is 2. The van der Waals surface area contributed by atoms with Gasteiger partial charge >= 0.3 is 6.03 Å². The third-order valence-corrected chi connectivity index (χ3v) is 4.89. The van der Waals surface area contributed by atoms with Crippen molar-refractivity contribution in [2.45, 2.75) is 32.9 Å². The molecule has 0 saturated heterocycles. The number of nitrogens with one attached hydrogen (secondary N) is 1. The van der Waals surface area contributed by atoms with Crippen molar-refractivity contribution < 1.29 is 9.53 Å². The van der Waals surface area contributed by atoms with Gasteiger partial charge in [-0.2, -0.15) is 0 Å². The van der Waals surface area contributed by atoms with Gasteiger partial charge in [-0.15, -0.1) is 0 Å². The number of nitrogens with zero attached hydrogens (tertiary/aromatic N) is 1. The van der Waals surface area contributed by atoms with E-state index in [1.807, 2.05) is 53.4 Å². The smallest absolute Gasteiger partial charge is 0.318 e. The van der Waals surface area contributed by atoms with Gasteiger partial charge in [-0.1, -0.05) is 59.3 Å². The number of ether oxygens (including phenoxy) is 1. The first-order valence-corrected chi connectivity index (χ1v) is 9.28. The van der Waals surface area contributed by atoms with Crippen LogP contribution in [0.4, 0.5) is 4.79 Å². The Morgan fingerprint density at radius 2 is 1.88 bits per heavy atom. The summed E-state index contributed by atoms with van der Waals surface area (Å²) in [6.07, 6.45) is 0.900. The number of methoxy groups -OCH3 is 1. The summed E-state index contributed by atoms with van der Waals surface area (Å²) < 4.78 is 6.36. The van der Waals surface area contributed by atoms with E-state index in [1.165, 1.54) is 0 Å². The van der Waals surface area contributed by atoms with Crippen LogP contribution < -0.4 is 10.1 Å². The molecule has 1 N–H and O–H groups in total. The molecule has 0 heterocycles. The molecule has 0 spiro atoms. The van der Waals surface area contributed by atoms with Gasteiger partial charge < -0.3 is 15.0 Å². The standard InChI is InChI=1S/C20H25BrN2O2/c1-4-13-23(15(2)17-10-6-7-11-18(17)21)20(24)22-14-16-9-5-8-12-19(16)25-3/h5-12,15H,4,13-14H2,1-3H3,(H,22,24)/t15-/m1/s1. The first-order valence-electron chi connectivity index (χ1n) is 8.49. The van der Waals surface area contributed by atoms with Crippen LogP contribution in [0.2, 0.25) is 0 Å². The molecule has 0 fully saturated rings. The highest BCUT2D eigenvalue weighted by Gasteiger charge is 2.22. The lowest BCUT2D eigenvalue weighted by molar-refractivity contribution is 0.178. The molecule has 0 aliphatic rings. The largest absolute Gasteiger partial charge is 0.496 e. The van der Waals surface area contributed by atoms with Crippen molar-refractivity contribution in [1.29, 1.82) is 0 Å². The Hall–Kier alpha value is -2.01. The molecule has 0 aliphatic carbocycles. The highest BCUT2D eigenvalue weighted by molar-refractivity contribution is 9.10. The fraction of sp³-hybridized carbons (Fsp3) is 0.350. The van der Waals surface area contributed by atoms with Crippen molar-refractivity contribution >= 4 is 22.0 Å². The number of hydrogen-bond acceptors (Lipinski definition) is 2. The molecule has 2 rings (SSSR count). The molecule has 0 radical (unpaired) electrons. The Bertz CT molecular complexity index is 706. The summed E-state index contributed by atoms with van der Waals surface area (Å²) in [7, 11) is 1.64. The number of carbonyl (C=O) groups excluding carboxylic acids is 1. The molecule has 2 aromatic rings. The number of para-hydroxylation sites is 1. The predicted molar refractivity (Wildman–Crippen MR) is 105 cm³/mol. The van der Waals surface area contributed by atoms with Crippen LogP contribution >= 0.6 is 15.9 Å². The van der Waals surface area contributed by atoms with E-state index in [2.05, 4.69) is 35.1 Å². The zero-order valence-corrected chi connectivity index (χ0v) is 16.5. The number of rotatable bonds is 7. The maximum atomic E-state index is 12.8. The highest BCUT2D eigenvalue weighted by Crippen LogP contribution is 2.28. The van der Waals surface area contributed by atoms with E-state index in [1.54, 1.807) is 7.11 Å². The van der Waals surface area contributed by atoms with E-state index in [0.717, 1.165) is 27.8 Å². The lowest BCUT2D eigenvalue weighted by Crippen LogP contribution is -2.41. The molecule has 0 saturated carbocycles. The van der Waals surface area contributed by atoms with Crippen molar-refractivity contribution in [3.05, 3.63) is 64.1 Å².